The lowest BCUT2D eigenvalue weighted by Gasteiger charge is -2.24. The minimum Gasteiger partial charge on any atom is -0.469 e. The van der Waals surface area contributed by atoms with Crippen LogP contribution in [0.25, 0.3) is 5.69 Å². The number of benzene rings is 1. The summed E-state index contributed by atoms with van der Waals surface area (Å²) >= 11 is 0. The van der Waals surface area contributed by atoms with Crippen molar-refractivity contribution in [2.45, 2.75) is 38.1 Å². The number of halogens is 2. The SMILES string of the molecule is COC(=O)CCC(=O)NC1CCCc2c1cnn2-c1ccc(F)cc1F. The number of ether oxygens (including phenoxy) is 1. The van der Waals surface area contributed by atoms with Gasteiger partial charge in [-0.05, 0) is 31.4 Å². The number of nitrogens with one attached hydrogen (secondary N) is 1. The molecule has 0 radical (unpaired) electrons. The molecule has 0 saturated carbocycles. The number of esters is 1. The molecule has 1 heterocycles. The Bertz CT molecular complexity index is 835. The maximum atomic E-state index is 14.1. The van der Waals surface area contributed by atoms with E-state index in [0.717, 1.165) is 30.2 Å². The summed E-state index contributed by atoms with van der Waals surface area (Å²) in [6.45, 7) is 0. The van der Waals surface area contributed by atoms with E-state index in [1.165, 1.54) is 23.9 Å². The van der Waals surface area contributed by atoms with Crippen LogP contribution in [0.15, 0.2) is 24.4 Å². The molecule has 3 rings (SSSR count). The highest BCUT2D eigenvalue weighted by Gasteiger charge is 2.27. The first kappa shape index (κ1) is 18.0. The number of amides is 1. The Morgan fingerprint density at radius 2 is 2.15 bits per heavy atom. The van der Waals surface area contributed by atoms with Gasteiger partial charge in [0.05, 0.1) is 25.8 Å². The van der Waals surface area contributed by atoms with E-state index in [1.807, 2.05) is 0 Å². The molecule has 0 fully saturated rings. The second-order valence-electron chi connectivity index (χ2n) is 6.14. The van der Waals surface area contributed by atoms with Gasteiger partial charge in [0, 0.05) is 23.7 Å². The van der Waals surface area contributed by atoms with Gasteiger partial charge >= 0.3 is 5.97 Å². The lowest BCUT2D eigenvalue weighted by atomic mass is 9.92. The molecule has 2 aromatic rings. The van der Waals surface area contributed by atoms with Crippen LogP contribution in [-0.2, 0) is 20.7 Å². The largest absolute Gasteiger partial charge is 0.469 e. The van der Waals surface area contributed by atoms with E-state index in [0.29, 0.717) is 6.42 Å². The maximum Gasteiger partial charge on any atom is 0.306 e. The maximum absolute atomic E-state index is 14.1. The summed E-state index contributed by atoms with van der Waals surface area (Å²) in [5.74, 6) is -2.04. The molecule has 0 saturated heterocycles. The van der Waals surface area contributed by atoms with Crippen LogP contribution >= 0.6 is 0 Å². The molecule has 1 amide bonds. The molecule has 1 unspecified atom stereocenters. The van der Waals surface area contributed by atoms with Crippen molar-refractivity contribution in [3.8, 4) is 5.69 Å². The first-order chi connectivity index (χ1) is 12.5. The van der Waals surface area contributed by atoms with E-state index in [9.17, 15) is 18.4 Å². The Morgan fingerprint density at radius 3 is 2.88 bits per heavy atom. The number of hydrogen-bond donors (Lipinski definition) is 1. The van der Waals surface area contributed by atoms with E-state index in [1.54, 1.807) is 6.20 Å². The van der Waals surface area contributed by atoms with E-state index >= 15 is 0 Å². The molecule has 0 aliphatic heterocycles. The molecule has 0 spiro atoms. The number of carbonyl (C=O) groups excluding carboxylic acids is 2. The zero-order valence-electron chi connectivity index (χ0n) is 14.3. The zero-order valence-corrected chi connectivity index (χ0v) is 14.3. The van der Waals surface area contributed by atoms with E-state index < -0.39 is 17.6 Å². The van der Waals surface area contributed by atoms with Crippen molar-refractivity contribution < 1.29 is 23.1 Å². The Hall–Kier alpha value is -2.77. The number of fused-ring (bicyclic) bond motifs is 1. The number of methoxy groups -OCH3 is 1. The molecular formula is C18H19F2N3O3. The number of rotatable bonds is 5. The van der Waals surface area contributed by atoms with Gasteiger partial charge in [0.2, 0.25) is 5.91 Å². The lowest BCUT2D eigenvalue weighted by molar-refractivity contribution is -0.142. The van der Waals surface area contributed by atoms with Gasteiger partial charge in [-0.2, -0.15) is 5.10 Å². The van der Waals surface area contributed by atoms with Crippen LogP contribution in [0, 0.1) is 11.6 Å². The van der Waals surface area contributed by atoms with Crippen molar-refractivity contribution >= 4 is 11.9 Å². The standard InChI is InChI=1S/C18H19F2N3O3/c1-26-18(25)8-7-17(24)22-14-3-2-4-15-12(14)10-21-23(15)16-6-5-11(19)9-13(16)20/h5-6,9-10,14H,2-4,7-8H2,1H3,(H,22,24). The molecule has 1 aliphatic rings. The van der Waals surface area contributed by atoms with Gasteiger partial charge in [0.25, 0.3) is 0 Å². The summed E-state index contributed by atoms with van der Waals surface area (Å²) in [6, 6.07) is 3.09. The van der Waals surface area contributed by atoms with Gasteiger partial charge in [-0.25, -0.2) is 13.5 Å². The second-order valence-corrected chi connectivity index (χ2v) is 6.14. The molecule has 8 heteroatoms. The lowest BCUT2D eigenvalue weighted by Crippen LogP contribution is -2.31. The van der Waals surface area contributed by atoms with Crippen molar-refractivity contribution in [1.29, 1.82) is 0 Å². The van der Waals surface area contributed by atoms with Crippen molar-refractivity contribution in [3.63, 3.8) is 0 Å². The third-order valence-corrected chi connectivity index (χ3v) is 4.44. The molecule has 1 atom stereocenters. The van der Waals surface area contributed by atoms with Gasteiger partial charge in [-0.3, -0.25) is 9.59 Å². The van der Waals surface area contributed by atoms with Crippen LogP contribution in [0.2, 0.25) is 0 Å². The predicted octanol–water partition coefficient (Wildman–Crippen LogP) is 2.60. The predicted molar refractivity (Wildman–Crippen MR) is 88.6 cm³/mol. The Kier molecular flexibility index (Phi) is 5.29. The Balaban J connectivity index is 1.78. The summed E-state index contributed by atoms with van der Waals surface area (Å²) < 4.78 is 33.2. The van der Waals surface area contributed by atoms with Crippen molar-refractivity contribution in [2.24, 2.45) is 0 Å². The highest BCUT2D eigenvalue weighted by molar-refractivity contribution is 5.81. The van der Waals surface area contributed by atoms with Crippen LogP contribution in [0.3, 0.4) is 0 Å². The summed E-state index contributed by atoms with van der Waals surface area (Å²) in [6.07, 6.45) is 3.86. The summed E-state index contributed by atoms with van der Waals surface area (Å²) in [5, 5.41) is 7.12. The van der Waals surface area contributed by atoms with Crippen LogP contribution in [0.4, 0.5) is 8.78 Å². The fourth-order valence-corrected chi connectivity index (χ4v) is 3.15. The van der Waals surface area contributed by atoms with Crippen LogP contribution < -0.4 is 5.32 Å². The highest BCUT2D eigenvalue weighted by atomic mass is 19.1. The van der Waals surface area contributed by atoms with E-state index in [2.05, 4.69) is 15.2 Å². The fraction of sp³-hybridized carbons (Fsp3) is 0.389. The quantitative estimate of drug-likeness (QED) is 0.829. The minimum atomic E-state index is -0.694. The Labute approximate surface area is 149 Å². The highest BCUT2D eigenvalue weighted by Crippen LogP contribution is 2.31. The molecule has 6 nitrogen and oxygen atoms in total. The fourth-order valence-electron chi connectivity index (χ4n) is 3.15. The van der Waals surface area contributed by atoms with Gasteiger partial charge in [-0.1, -0.05) is 0 Å². The monoisotopic (exact) mass is 363 g/mol. The van der Waals surface area contributed by atoms with Gasteiger partial charge in [0.1, 0.15) is 11.5 Å². The molecule has 1 aromatic heterocycles. The molecule has 0 bridgehead atoms. The average molecular weight is 363 g/mol. The topological polar surface area (TPSA) is 73.2 Å². The molecule has 1 N–H and O–H groups in total. The van der Waals surface area contributed by atoms with Crippen LogP contribution in [0.5, 0.6) is 0 Å². The minimum absolute atomic E-state index is 0.0158. The number of nitrogens with zero attached hydrogens (tertiary/aromatic N) is 2. The van der Waals surface area contributed by atoms with Gasteiger partial charge < -0.3 is 10.1 Å². The average Bonchev–Trinajstić information content (AvgIpc) is 3.04. The Morgan fingerprint density at radius 1 is 1.35 bits per heavy atom. The third kappa shape index (κ3) is 3.74. The second kappa shape index (κ2) is 7.63. The van der Waals surface area contributed by atoms with Gasteiger partial charge in [-0.15, -0.1) is 0 Å². The smallest absolute Gasteiger partial charge is 0.306 e. The van der Waals surface area contributed by atoms with Crippen LogP contribution in [0.1, 0.15) is 43.0 Å². The first-order valence-corrected chi connectivity index (χ1v) is 8.38. The molecule has 1 aromatic carbocycles. The third-order valence-electron chi connectivity index (χ3n) is 4.44. The van der Waals surface area contributed by atoms with Crippen molar-refractivity contribution in [1.82, 2.24) is 15.1 Å². The first-order valence-electron chi connectivity index (χ1n) is 8.38. The van der Waals surface area contributed by atoms with Crippen LogP contribution in [-0.4, -0.2) is 28.8 Å². The van der Waals surface area contributed by atoms with Crippen molar-refractivity contribution in [3.05, 3.63) is 47.3 Å². The summed E-state index contributed by atoms with van der Waals surface area (Å²) in [7, 11) is 1.27. The van der Waals surface area contributed by atoms with E-state index in [4.69, 9.17) is 0 Å². The normalized spacial score (nSPS) is 16.0. The molecule has 1 aliphatic carbocycles. The number of hydrogen-bond acceptors (Lipinski definition) is 4. The number of aromatic nitrogens is 2. The zero-order chi connectivity index (χ0) is 18.7. The van der Waals surface area contributed by atoms with E-state index in [-0.39, 0.29) is 30.5 Å². The summed E-state index contributed by atoms with van der Waals surface area (Å²) in [4.78, 5) is 23.2. The molecular weight excluding hydrogens is 344 g/mol. The molecule has 26 heavy (non-hydrogen) atoms. The summed E-state index contributed by atoms with van der Waals surface area (Å²) in [5.41, 5.74) is 1.77. The van der Waals surface area contributed by atoms with Gasteiger partial charge in [0.15, 0.2) is 5.82 Å². The van der Waals surface area contributed by atoms with Crippen molar-refractivity contribution in [2.75, 3.05) is 7.11 Å². The number of carbonyl (C=O) groups is 2. The molecule has 138 valence electrons.